The lowest BCUT2D eigenvalue weighted by atomic mass is 9.96. The Kier molecular flexibility index (Phi) is 4.76. The highest BCUT2D eigenvalue weighted by Crippen LogP contribution is 2.28. The van der Waals surface area contributed by atoms with Crippen LogP contribution in [0, 0.1) is 6.92 Å². The maximum absolute atomic E-state index is 5.42. The van der Waals surface area contributed by atoms with Gasteiger partial charge in [-0.25, -0.2) is 0 Å². The molecule has 0 saturated carbocycles. The van der Waals surface area contributed by atoms with Crippen LogP contribution in [-0.2, 0) is 11.2 Å². The van der Waals surface area contributed by atoms with Gasteiger partial charge >= 0.3 is 0 Å². The van der Waals surface area contributed by atoms with Crippen molar-refractivity contribution >= 4 is 11.8 Å². The molecule has 0 atom stereocenters. The Balaban J connectivity index is 1.81. The summed E-state index contributed by atoms with van der Waals surface area (Å²) in [6.07, 6.45) is 0. The molecule has 1 aromatic carbocycles. The van der Waals surface area contributed by atoms with Crippen molar-refractivity contribution in [1.29, 1.82) is 0 Å². The fourth-order valence-corrected chi connectivity index (χ4v) is 2.85. The van der Waals surface area contributed by atoms with E-state index in [1.54, 1.807) is 11.8 Å². The Morgan fingerprint density at radius 3 is 2.76 bits per heavy atom. The smallest absolute Gasteiger partial charge is 0.237 e. The van der Waals surface area contributed by atoms with Gasteiger partial charge in [-0.2, -0.15) is 9.67 Å². The van der Waals surface area contributed by atoms with Crippen molar-refractivity contribution < 1.29 is 9.26 Å². The van der Waals surface area contributed by atoms with E-state index in [0.29, 0.717) is 28.4 Å². The topological polar surface area (TPSA) is 91.8 Å². The first-order valence-electron chi connectivity index (χ1n) is 7.78. The van der Waals surface area contributed by atoms with Gasteiger partial charge in [-0.3, -0.25) is 0 Å². The van der Waals surface area contributed by atoms with E-state index in [4.69, 9.17) is 9.26 Å². The number of hydrogen-bond acceptors (Lipinski definition) is 8. The molecule has 2 aromatic heterocycles. The molecule has 0 aliphatic rings. The predicted molar refractivity (Wildman–Crippen MR) is 93.0 cm³/mol. The molecule has 8 nitrogen and oxygen atoms in total. The number of methoxy groups -OCH3 is 1. The number of ether oxygens (including phenoxy) is 1. The number of hydrogen-bond donors (Lipinski definition) is 0. The number of thioether (sulfide) groups is 1. The molecule has 0 fully saturated rings. The first-order chi connectivity index (χ1) is 11.9. The minimum absolute atomic E-state index is 0.150. The maximum atomic E-state index is 5.42. The monoisotopic (exact) mass is 360 g/mol. The van der Waals surface area contributed by atoms with Gasteiger partial charge in [0.25, 0.3) is 0 Å². The minimum Gasteiger partial charge on any atom is -0.494 e. The first kappa shape index (κ1) is 17.4. The molecule has 9 heteroatoms. The fraction of sp³-hybridized carbons (Fsp3) is 0.438. The third-order valence-electron chi connectivity index (χ3n) is 3.47. The molecule has 132 valence electrons. The Hall–Kier alpha value is -2.42. The second kappa shape index (κ2) is 6.83. The van der Waals surface area contributed by atoms with Crippen molar-refractivity contribution in [3.63, 3.8) is 0 Å². The van der Waals surface area contributed by atoms with E-state index in [2.05, 4.69) is 25.7 Å². The number of benzene rings is 1. The zero-order valence-electron chi connectivity index (χ0n) is 14.8. The van der Waals surface area contributed by atoms with E-state index >= 15 is 0 Å². The summed E-state index contributed by atoms with van der Waals surface area (Å²) >= 11 is 1.43. The zero-order valence-corrected chi connectivity index (χ0v) is 15.7. The Labute approximate surface area is 150 Å². The molecule has 0 spiro atoms. The lowest BCUT2D eigenvalue weighted by Gasteiger charge is -2.11. The van der Waals surface area contributed by atoms with Crippen LogP contribution in [-0.4, -0.2) is 37.5 Å². The van der Waals surface area contributed by atoms with Crippen LogP contribution < -0.4 is 4.74 Å². The van der Waals surface area contributed by atoms with Crippen LogP contribution >= 0.6 is 11.8 Å². The van der Waals surface area contributed by atoms with Gasteiger partial charge in [-0.05, 0) is 35.0 Å². The Morgan fingerprint density at radius 1 is 1.28 bits per heavy atom. The Morgan fingerprint density at radius 2 is 2.08 bits per heavy atom. The highest BCUT2D eigenvalue weighted by Gasteiger charge is 2.21. The van der Waals surface area contributed by atoms with E-state index in [1.165, 1.54) is 11.8 Å². The van der Waals surface area contributed by atoms with Crippen LogP contribution in [0.4, 0.5) is 0 Å². The van der Waals surface area contributed by atoms with Crippen molar-refractivity contribution in [3.05, 3.63) is 35.5 Å². The summed E-state index contributed by atoms with van der Waals surface area (Å²) in [4.78, 5) is 4.43. The maximum Gasteiger partial charge on any atom is 0.237 e. The lowest BCUT2D eigenvalue weighted by Crippen LogP contribution is -2.13. The van der Waals surface area contributed by atoms with E-state index < -0.39 is 0 Å². The Bertz CT molecular complexity index is 868. The van der Waals surface area contributed by atoms with E-state index in [9.17, 15) is 0 Å². The number of aryl methyl sites for hydroxylation is 1. The van der Waals surface area contributed by atoms with Gasteiger partial charge in [0, 0.05) is 5.41 Å². The molecule has 0 aliphatic carbocycles. The van der Waals surface area contributed by atoms with Gasteiger partial charge in [0.15, 0.2) is 5.82 Å². The number of tetrazole rings is 1. The summed E-state index contributed by atoms with van der Waals surface area (Å²) in [7, 11) is 1.62. The van der Waals surface area contributed by atoms with Crippen LogP contribution in [0.15, 0.2) is 27.9 Å². The summed E-state index contributed by atoms with van der Waals surface area (Å²) in [6.45, 7) is 8.13. The summed E-state index contributed by atoms with van der Waals surface area (Å²) in [5, 5.41) is 16.6. The summed E-state index contributed by atoms with van der Waals surface area (Å²) in [5.41, 5.74) is 1.73. The molecule has 0 unspecified atom stereocenters. The van der Waals surface area contributed by atoms with Gasteiger partial charge < -0.3 is 9.26 Å². The second-order valence-electron chi connectivity index (χ2n) is 6.60. The fourth-order valence-electron chi connectivity index (χ4n) is 2.13. The molecule has 0 saturated heterocycles. The van der Waals surface area contributed by atoms with Crippen LogP contribution in [0.1, 0.15) is 38.0 Å². The van der Waals surface area contributed by atoms with Crippen molar-refractivity contribution in [3.8, 4) is 11.4 Å². The lowest BCUT2D eigenvalue weighted by molar-refractivity contribution is 0.372. The zero-order chi connectivity index (χ0) is 18.0. The van der Waals surface area contributed by atoms with Gasteiger partial charge in [-0.1, -0.05) is 43.8 Å². The highest BCUT2D eigenvalue weighted by atomic mass is 32.2. The molecule has 2 heterocycles. The SMILES string of the molecule is COc1ccc(C)cc1-n1nnnc1SCc1nc(C(C)(C)C)no1. The van der Waals surface area contributed by atoms with Crippen molar-refractivity contribution in [1.82, 2.24) is 30.3 Å². The van der Waals surface area contributed by atoms with E-state index in [1.807, 2.05) is 45.9 Å². The quantitative estimate of drug-likeness (QED) is 0.641. The molecule has 0 N–H and O–H groups in total. The van der Waals surface area contributed by atoms with Gasteiger partial charge in [0.2, 0.25) is 11.0 Å². The van der Waals surface area contributed by atoms with Crippen molar-refractivity contribution in [2.45, 2.75) is 44.0 Å². The summed E-state index contributed by atoms with van der Waals surface area (Å²) < 4.78 is 12.4. The summed E-state index contributed by atoms with van der Waals surface area (Å²) in [5.74, 6) is 2.41. The summed E-state index contributed by atoms with van der Waals surface area (Å²) in [6, 6.07) is 5.85. The van der Waals surface area contributed by atoms with Crippen LogP contribution in [0.3, 0.4) is 0 Å². The number of nitrogens with zero attached hydrogens (tertiary/aromatic N) is 6. The van der Waals surface area contributed by atoms with Crippen LogP contribution in [0.25, 0.3) is 5.69 Å². The van der Waals surface area contributed by atoms with Crippen LogP contribution in [0.5, 0.6) is 5.75 Å². The molecule has 3 rings (SSSR count). The van der Waals surface area contributed by atoms with Gasteiger partial charge in [0.05, 0.1) is 12.9 Å². The molecule has 3 aromatic rings. The molecule has 25 heavy (non-hydrogen) atoms. The first-order valence-corrected chi connectivity index (χ1v) is 8.76. The highest BCUT2D eigenvalue weighted by molar-refractivity contribution is 7.98. The standard InChI is InChI=1S/C16H20N6O2S/c1-10-6-7-12(23-5)11(8-10)22-15(18-20-21-22)25-9-13-17-14(19-24-13)16(2,3)4/h6-8H,9H2,1-5H3. The van der Waals surface area contributed by atoms with E-state index in [0.717, 1.165) is 11.3 Å². The van der Waals surface area contributed by atoms with E-state index in [-0.39, 0.29) is 5.41 Å². The third-order valence-corrected chi connectivity index (χ3v) is 4.37. The van der Waals surface area contributed by atoms with Gasteiger partial charge in [0.1, 0.15) is 11.4 Å². The molecular formula is C16H20N6O2S. The molecular weight excluding hydrogens is 340 g/mol. The second-order valence-corrected chi connectivity index (χ2v) is 7.54. The molecule has 0 radical (unpaired) electrons. The number of aromatic nitrogens is 6. The molecule has 0 amide bonds. The average Bonchev–Trinajstić information content (AvgIpc) is 3.21. The minimum atomic E-state index is -0.150. The molecule has 0 aliphatic heterocycles. The predicted octanol–water partition coefficient (Wildman–Crippen LogP) is 2.95. The third kappa shape index (κ3) is 3.81. The molecule has 0 bridgehead atoms. The van der Waals surface area contributed by atoms with Crippen molar-refractivity contribution in [2.75, 3.05) is 7.11 Å². The normalized spacial score (nSPS) is 11.7. The largest absolute Gasteiger partial charge is 0.494 e. The number of rotatable bonds is 5. The van der Waals surface area contributed by atoms with Crippen LogP contribution in [0.2, 0.25) is 0 Å². The average molecular weight is 360 g/mol. The van der Waals surface area contributed by atoms with Crippen molar-refractivity contribution in [2.24, 2.45) is 0 Å². The van der Waals surface area contributed by atoms with Gasteiger partial charge in [-0.15, -0.1) is 5.10 Å².